The lowest BCUT2D eigenvalue weighted by Crippen LogP contribution is -2.19. The molecule has 0 aliphatic rings. The van der Waals surface area contributed by atoms with E-state index in [1.54, 1.807) is 39.8 Å². The zero-order chi connectivity index (χ0) is 22.0. The predicted molar refractivity (Wildman–Crippen MR) is 121 cm³/mol. The number of nitrogens with zero attached hydrogens (tertiary/aromatic N) is 3. The van der Waals surface area contributed by atoms with Crippen LogP contribution in [0.1, 0.15) is 5.56 Å². The predicted octanol–water partition coefficient (Wildman–Crippen LogP) is 5.16. The monoisotopic (exact) mass is 439 g/mol. The third-order valence-electron chi connectivity index (χ3n) is 5.06. The van der Waals surface area contributed by atoms with Crippen LogP contribution in [0.4, 0.5) is 10.2 Å². The van der Waals surface area contributed by atoms with Crippen molar-refractivity contribution in [1.29, 1.82) is 0 Å². The summed E-state index contributed by atoms with van der Waals surface area (Å²) in [4.78, 5) is 11.9. The van der Waals surface area contributed by atoms with Gasteiger partial charge in [0, 0.05) is 30.1 Å². The van der Waals surface area contributed by atoms with E-state index >= 15 is 0 Å². The minimum atomic E-state index is -0.266. The van der Waals surface area contributed by atoms with E-state index in [9.17, 15) is 4.39 Å². The van der Waals surface area contributed by atoms with Gasteiger partial charge >= 0.3 is 0 Å². The van der Waals surface area contributed by atoms with Crippen molar-refractivity contribution in [3.63, 3.8) is 0 Å². The van der Waals surface area contributed by atoms with Crippen molar-refractivity contribution in [2.75, 3.05) is 33.3 Å². The average Bonchev–Trinajstić information content (AvgIpc) is 3.23. The van der Waals surface area contributed by atoms with Crippen LogP contribution in [-0.2, 0) is 6.54 Å². The number of hydrogen-bond acceptors (Lipinski definition) is 7. The fourth-order valence-corrected chi connectivity index (χ4v) is 4.52. The molecule has 0 atom stereocenters. The molecule has 0 fully saturated rings. The Kier molecular flexibility index (Phi) is 5.90. The number of rotatable bonds is 7. The Morgan fingerprint density at radius 1 is 0.935 bits per heavy atom. The maximum Gasteiger partial charge on any atom is 0.203 e. The number of hydrogen-bond donors (Lipinski definition) is 0. The Labute approximate surface area is 183 Å². The lowest BCUT2D eigenvalue weighted by molar-refractivity contribution is 0.322. The van der Waals surface area contributed by atoms with Gasteiger partial charge in [-0.2, -0.15) is 0 Å². The van der Waals surface area contributed by atoms with Crippen LogP contribution < -0.4 is 19.1 Å². The molecule has 160 valence electrons. The minimum Gasteiger partial charge on any atom is -0.493 e. The van der Waals surface area contributed by atoms with Crippen molar-refractivity contribution >= 4 is 27.4 Å². The first kappa shape index (κ1) is 20.9. The molecule has 0 saturated carbocycles. The third kappa shape index (κ3) is 3.86. The van der Waals surface area contributed by atoms with Gasteiger partial charge in [0.15, 0.2) is 11.5 Å². The highest BCUT2D eigenvalue weighted by atomic mass is 32.1. The van der Waals surface area contributed by atoms with Crippen LogP contribution in [0, 0.1) is 5.82 Å². The standard InChI is InChI=1S/C23H22FN3O3S/c1-27(11-15-7-10-18(28-2)21(30-4)20(15)29-3)22-19-17(12-31-23(19)26-13-25-22)14-5-8-16(24)9-6-14/h5-10,12-13H,11H2,1-4H3. The normalized spacial score (nSPS) is 10.9. The summed E-state index contributed by atoms with van der Waals surface area (Å²) in [6.07, 6.45) is 1.56. The van der Waals surface area contributed by atoms with Gasteiger partial charge in [-0.3, -0.25) is 0 Å². The zero-order valence-corrected chi connectivity index (χ0v) is 18.5. The fourth-order valence-electron chi connectivity index (χ4n) is 3.61. The minimum absolute atomic E-state index is 0.266. The first-order valence-electron chi connectivity index (χ1n) is 9.54. The van der Waals surface area contributed by atoms with Gasteiger partial charge in [-0.15, -0.1) is 11.3 Å². The summed E-state index contributed by atoms with van der Waals surface area (Å²) in [6.45, 7) is 0.522. The molecule has 0 aliphatic heterocycles. The van der Waals surface area contributed by atoms with E-state index in [2.05, 4.69) is 9.97 Å². The van der Waals surface area contributed by atoms with E-state index in [4.69, 9.17) is 14.2 Å². The van der Waals surface area contributed by atoms with Gasteiger partial charge in [-0.25, -0.2) is 14.4 Å². The first-order valence-corrected chi connectivity index (χ1v) is 10.4. The van der Waals surface area contributed by atoms with Crippen molar-refractivity contribution in [2.45, 2.75) is 6.54 Å². The topological polar surface area (TPSA) is 56.7 Å². The van der Waals surface area contributed by atoms with Gasteiger partial charge < -0.3 is 19.1 Å². The highest BCUT2D eigenvalue weighted by Gasteiger charge is 2.20. The number of anilines is 1. The van der Waals surface area contributed by atoms with Gasteiger partial charge in [-0.1, -0.05) is 12.1 Å². The van der Waals surface area contributed by atoms with Crippen molar-refractivity contribution in [1.82, 2.24) is 9.97 Å². The van der Waals surface area contributed by atoms with Gasteiger partial charge in [0.25, 0.3) is 0 Å². The molecule has 0 radical (unpaired) electrons. The molecule has 31 heavy (non-hydrogen) atoms. The maximum absolute atomic E-state index is 13.4. The number of thiophene rings is 1. The number of aromatic nitrogens is 2. The molecule has 0 aliphatic carbocycles. The molecule has 8 heteroatoms. The number of fused-ring (bicyclic) bond motifs is 1. The molecule has 2 heterocycles. The molecule has 4 aromatic rings. The third-order valence-corrected chi connectivity index (χ3v) is 5.95. The van der Waals surface area contributed by atoms with E-state index in [0.29, 0.717) is 23.8 Å². The summed E-state index contributed by atoms with van der Waals surface area (Å²) in [7, 11) is 6.75. The lowest BCUT2D eigenvalue weighted by Gasteiger charge is -2.22. The highest BCUT2D eigenvalue weighted by Crippen LogP contribution is 2.42. The second-order valence-corrected chi connectivity index (χ2v) is 7.74. The second kappa shape index (κ2) is 8.77. The number of ether oxygens (including phenoxy) is 3. The van der Waals surface area contributed by atoms with Crippen LogP contribution >= 0.6 is 11.3 Å². The van der Waals surface area contributed by atoms with Crippen molar-refractivity contribution < 1.29 is 18.6 Å². The average molecular weight is 440 g/mol. The Balaban J connectivity index is 1.76. The van der Waals surface area contributed by atoms with E-state index in [1.165, 1.54) is 23.5 Å². The summed E-state index contributed by atoms with van der Waals surface area (Å²) in [6, 6.07) is 10.3. The Hall–Kier alpha value is -3.39. The van der Waals surface area contributed by atoms with E-state index in [0.717, 1.165) is 32.7 Å². The van der Waals surface area contributed by atoms with Gasteiger partial charge in [0.05, 0.1) is 26.7 Å². The van der Waals surface area contributed by atoms with Crippen LogP contribution in [0.25, 0.3) is 21.3 Å². The molecule has 0 saturated heterocycles. The van der Waals surface area contributed by atoms with Gasteiger partial charge in [0.2, 0.25) is 5.75 Å². The summed E-state index contributed by atoms with van der Waals surface area (Å²) < 4.78 is 29.9. The molecule has 2 aromatic carbocycles. The lowest BCUT2D eigenvalue weighted by atomic mass is 10.1. The largest absolute Gasteiger partial charge is 0.493 e. The highest BCUT2D eigenvalue weighted by molar-refractivity contribution is 7.17. The van der Waals surface area contributed by atoms with Crippen LogP contribution in [0.3, 0.4) is 0 Å². The second-order valence-electron chi connectivity index (χ2n) is 6.88. The quantitative estimate of drug-likeness (QED) is 0.397. The number of benzene rings is 2. The Morgan fingerprint density at radius 2 is 1.68 bits per heavy atom. The summed E-state index contributed by atoms with van der Waals surface area (Å²) in [5.74, 6) is 2.28. The van der Waals surface area contributed by atoms with E-state index in [1.807, 2.05) is 29.5 Å². The smallest absolute Gasteiger partial charge is 0.203 e. The summed E-state index contributed by atoms with van der Waals surface area (Å²) in [5, 5.41) is 2.96. The number of halogens is 1. The van der Waals surface area contributed by atoms with Crippen molar-refractivity contribution in [2.24, 2.45) is 0 Å². The van der Waals surface area contributed by atoms with Crippen LogP contribution in [0.5, 0.6) is 17.2 Å². The Morgan fingerprint density at radius 3 is 2.35 bits per heavy atom. The molecule has 0 bridgehead atoms. The molecule has 2 aromatic heterocycles. The van der Waals surface area contributed by atoms with E-state index < -0.39 is 0 Å². The SMILES string of the molecule is COc1ccc(CN(C)c2ncnc3scc(-c4ccc(F)cc4)c23)c(OC)c1OC. The Bertz CT molecular complexity index is 1210. The first-order chi connectivity index (χ1) is 15.1. The molecular weight excluding hydrogens is 417 g/mol. The van der Waals surface area contributed by atoms with Crippen LogP contribution in [-0.4, -0.2) is 38.3 Å². The molecule has 0 amide bonds. The maximum atomic E-state index is 13.4. The molecule has 0 unspecified atom stereocenters. The van der Waals surface area contributed by atoms with Gasteiger partial charge in [-0.05, 0) is 29.8 Å². The van der Waals surface area contributed by atoms with Crippen molar-refractivity contribution in [3.8, 4) is 28.4 Å². The molecule has 0 N–H and O–H groups in total. The van der Waals surface area contributed by atoms with E-state index in [-0.39, 0.29) is 5.82 Å². The summed E-state index contributed by atoms with van der Waals surface area (Å²) in [5.41, 5.74) is 2.82. The summed E-state index contributed by atoms with van der Waals surface area (Å²) >= 11 is 1.54. The van der Waals surface area contributed by atoms with Crippen LogP contribution in [0.15, 0.2) is 48.1 Å². The molecule has 0 spiro atoms. The van der Waals surface area contributed by atoms with Gasteiger partial charge in [0.1, 0.15) is 22.8 Å². The zero-order valence-electron chi connectivity index (χ0n) is 17.7. The molecular formula is C23H22FN3O3S. The van der Waals surface area contributed by atoms with Crippen molar-refractivity contribution in [3.05, 3.63) is 59.5 Å². The fraction of sp³-hybridized carbons (Fsp3) is 0.217. The van der Waals surface area contributed by atoms with Crippen LogP contribution in [0.2, 0.25) is 0 Å². The molecule has 4 rings (SSSR count). The number of methoxy groups -OCH3 is 3. The molecule has 6 nitrogen and oxygen atoms in total.